The lowest BCUT2D eigenvalue weighted by atomic mass is 10.1. The molecule has 3 nitrogen and oxygen atoms in total. The second-order valence-electron chi connectivity index (χ2n) is 5.55. The van der Waals surface area contributed by atoms with Crippen LogP contribution in [0.4, 0.5) is 0 Å². The van der Waals surface area contributed by atoms with Crippen molar-refractivity contribution in [1.29, 1.82) is 0 Å². The summed E-state index contributed by atoms with van der Waals surface area (Å²) in [6, 6.07) is 1.81. The quantitative estimate of drug-likeness (QED) is 0.735. The summed E-state index contributed by atoms with van der Waals surface area (Å²) < 4.78 is 0. The molecule has 2 N–H and O–H groups in total. The molecular weight excluding hydrogens is 186 g/mol. The van der Waals surface area contributed by atoms with Gasteiger partial charge in [-0.3, -0.25) is 9.80 Å². The molecule has 0 aromatic heterocycles. The van der Waals surface area contributed by atoms with Crippen LogP contribution in [0, 0.1) is 5.92 Å². The van der Waals surface area contributed by atoms with Crippen molar-refractivity contribution in [2.24, 2.45) is 11.7 Å². The fraction of sp³-hybridized carbons (Fsp3) is 1.00. The first-order valence-electron chi connectivity index (χ1n) is 6.55. The SMILES string of the molecule is NCC1CCN(C2CCN(C3CC3)C2)C1. The van der Waals surface area contributed by atoms with E-state index in [1.54, 1.807) is 0 Å². The lowest BCUT2D eigenvalue weighted by Gasteiger charge is -2.24. The van der Waals surface area contributed by atoms with Crippen LogP contribution in [0.3, 0.4) is 0 Å². The van der Waals surface area contributed by atoms with Crippen molar-refractivity contribution in [1.82, 2.24) is 9.80 Å². The minimum atomic E-state index is 0.778. The topological polar surface area (TPSA) is 32.5 Å². The summed E-state index contributed by atoms with van der Waals surface area (Å²) in [5.41, 5.74) is 5.74. The van der Waals surface area contributed by atoms with E-state index in [1.807, 2.05) is 0 Å². The molecule has 2 heterocycles. The van der Waals surface area contributed by atoms with Gasteiger partial charge in [0.1, 0.15) is 0 Å². The van der Waals surface area contributed by atoms with Gasteiger partial charge in [-0.1, -0.05) is 0 Å². The lowest BCUT2D eigenvalue weighted by molar-refractivity contribution is 0.223. The number of nitrogens with two attached hydrogens (primary N) is 1. The lowest BCUT2D eigenvalue weighted by Crippen LogP contribution is -2.36. The van der Waals surface area contributed by atoms with Crippen LogP contribution >= 0.6 is 0 Å². The Morgan fingerprint density at radius 1 is 0.867 bits per heavy atom. The van der Waals surface area contributed by atoms with Crippen molar-refractivity contribution in [2.45, 2.75) is 37.8 Å². The zero-order valence-electron chi connectivity index (χ0n) is 9.57. The highest BCUT2D eigenvalue weighted by Crippen LogP contribution is 2.32. The number of rotatable bonds is 3. The molecule has 1 saturated carbocycles. The largest absolute Gasteiger partial charge is 0.330 e. The molecule has 3 rings (SSSR count). The van der Waals surface area contributed by atoms with Gasteiger partial charge < -0.3 is 5.73 Å². The Kier molecular flexibility index (Phi) is 2.71. The Morgan fingerprint density at radius 2 is 1.60 bits per heavy atom. The molecule has 0 aromatic rings. The number of likely N-dealkylation sites (tertiary alicyclic amines) is 2. The Balaban J connectivity index is 1.51. The molecular formula is C12H23N3. The van der Waals surface area contributed by atoms with Gasteiger partial charge in [0.05, 0.1) is 0 Å². The van der Waals surface area contributed by atoms with Crippen LogP contribution in [0.1, 0.15) is 25.7 Å². The van der Waals surface area contributed by atoms with E-state index in [0.717, 1.165) is 24.5 Å². The molecule has 0 radical (unpaired) electrons. The molecule has 2 unspecified atom stereocenters. The summed E-state index contributed by atoms with van der Waals surface area (Å²) >= 11 is 0. The Hall–Kier alpha value is -0.120. The molecule has 0 spiro atoms. The van der Waals surface area contributed by atoms with E-state index in [-0.39, 0.29) is 0 Å². The van der Waals surface area contributed by atoms with Gasteiger partial charge in [0.2, 0.25) is 0 Å². The molecule has 3 aliphatic rings. The maximum absolute atomic E-state index is 5.74. The van der Waals surface area contributed by atoms with E-state index in [9.17, 15) is 0 Å². The van der Waals surface area contributed by atoms with Crippen molar-refractivity contribution in [3.63, 3.8) is 0 Å². The average Bonchev–Trinajstić information content (AvgIpc) is 2.84. The van der Waals surface area contributed by atoms with Gasteiger partial charge in [0.15, 0.2) is 0 Å². The average molecular weight is 209 g/mol. The molecule has 3 fully saturated rings. The molecule has 2 atom stereocenters. The smallest absolute Gasteiger partial charge is 0.0235 e. The highest BCUT2D eigenvalue weighted by Gasteiger charge is 2.37. The molecule has 86 valence electrons. The third kappa shape index (κ3) is 2.05. The summed E-state index contributed by atoms with van der Waals surface area (Å²) in [4.78, 5) is 5.40. The first-order valence-corrected chi connectivity index (χ1v) is 6.55. The van der Waals surface area contributed by atoms with Crippen molar-refractivity contribution >= 4 is 0 Å². The van der Waals surface area contributed by atoms with Crippen molar-refractivity contribution in [3.05, 3.63) is 0 Å². The Labute approximate surface area is 92.6 Å². The third-order valence-electron chi connectivity index (χ3n) is 4.43. The zero-order chi connectivity index (χ0) is 10.3. The highest BCUT2D eigenvalue weighted by atomic mass is 15.3. The van der Waals surface area contributed by atoms with Crippen LogP contribution in [0.25, 0.3) is 0 Å². The van der Waals surface area contributed by atoms with E-state index in [1.165, 1.54) is 51.9 Å². The normalized spacial score (nSPS) is 39.0. The predicted molar refractivity (Wildman–Crippen MR) is 61.7 cm³/mol. The van der Waals surface area contributed by atoms with Gasteiger partial charge in [-0.25, -0.2) is 0 Å². The van der Waals surface area contributed by atoms with Gasteiger partial charge in [-0.05, 0) is 44.7 Å². The predicted octanol–water partition coefficient (Wildman–Crippen LogP) is 0.504. The maximum Gasteiger partial charge on any atom is 0.0235 e. The van der Waals surface area contributed by atoms with E-state index in [4.69, 9.17) is 5.73 Å². The van der Waals surface area contributed by atoms with Crippen LogP contribution in [-0.2, 0) is 0 Å². The second-order valence-corrected chi connectivity index (χ2v) is 5.55. The van der Waals surface area contributed by atoms with Crippen molar-refractivity contribution in [3.8, 4) is 0 Å². The maximum atomic E-state index is 5.74. The summed E-state index contributed by atoms with van der Waals surface area (Å²) in [7, 11) is 0. The van der Waals surface area contributed by atoms with Crippen molar-refractivity contribution < 1.29 is 0 Å². The van der Waals surface area contributed by atoms with E-state index in [0.29, 0.717) is 0 Å². The fourth-order valence-corrected chi connectivity index (χ4v) is 3.22. The van der Waals surface area contributed by atoms with Crippen LogP contribution in [0.2, 0.25) is 0 Å². The summed E-state index contributed by atoms with van der Waals surface area (Å²) in [6.07, 6.45) is 5.64. The highest BCUT2D eigenvalue weighted by molar-refractivity contribution is 4.94. The molecule has 1 aliphatic carbocycles. The second kappa shape index (κ2) is 4.04. The first kappa shape index (κ1) is 10.1. The van der Waals surface area contributed by atoms with Gasteiger partial charge in [0, 0.05) is 31.7 Å². The molecule has 0 bridgehead atoms. The van der Waals surface area contributed by atoms with Crippen LogP contribution < -0.4 is 5.73 Å². The molecule has 0 aromatic carbocycles. The third-order valence-corrected chi connectivity index (χ3v) is 4.43. The van der Waals surface area contributed by atoms with Crippen LogP contribution in [-0.4, -0.2) is 54.6 Å². The van der Waals surface area contributed by atoms with Gasteiger partial charge in [-0.15, -0.1) is 0 Å². The Morgan fingerprint density at radius 3 is 2.27 bits per heavy atom. The molecule has 15 heavy (non-hydrogen) atoms. The summed E-state index contributed by atoms with van der Waals surface area (Å²) in [5, 5.41) is 0. The van der Waals surface area contributed by atoms with E-state index in [2.05, 4.69) is 9.80 Å². The molecule has 2 aliphatic heterocycles. The van der Waals surface area contributed by atoms with Gasteiger partial charge in [0.25, 0.3) is 0 Å². The van der Waals surface area contributed by atoms with E-state index < -0.39 is 0 Å². The Bertz CT molecular complexity index is 227. The number of nitrogens with zero attached hydrogens (tertiary/aromatic N) is 2. The van der Waals surface area contributed by atoms with Gasteiger partial charge in [-0.2, -0.15) is 0 Å². The molecule has 3 heteroatoms. The van der Waals surface area contributed by atoms with E-state index >= 15 is 0 Å². The molecule has 0 amide bonds. The minimum absolute atomic E-state index is 0.778. The standard InChI is InChI=1S/C12H23N3/c13-7-10-3-5-14(8-10)12-4-6-15(9-12)11-1-2-11/h10-12H,1-9,13H2. The zero-order valence-corrected chi connectivity index (χ0v) is 9.57. The van der Waals surface area contributed by atoms with Crippen molar-refractivity contribution in [2.75, 3.05) is 32.7 Å². The summed E-state index contributed by atoms with van der Waals surface area (Å²) in [5.74, 6) is 0.778. The number of hydrogen-bond acceptors (Lipinski definition) is 3. The number of hydrogen-bond donors (Lipinski definition) is 1. The summed E-state index contributed by atoms with van der Waals surface area (Å²) in [6.45, 7) is 6.13. The first-order chi connectivity index (χ1) is 7.36. The fourth-order valence-electron chi connectivity index (χ4n) is 3.22. The minimum Gasteiger partial charge on any atom is -0.330 e. The van der Waals surface area contributed by atoms with Crippen LogP contribution in [0.5, 0.6) is 0 Å². The molecule has 2 saturated heterocycles. The monoisotopic (exact) mass is 209 g/mol. The van der Waals surface area contributed by atoms with Gasteiger partial charge >= 0.3 is 0 Å². The van der Waals surface area contributed by atoms with Crippen LogP contribution in [0.15, 0.2) is 0 Å².